The number of rotatable bonds is 5. The second-order valence-electron chi connectivity index (χ2n) is 6.64. The van der Waals surface area contributed by atoms with Crippen LogP contribution in [0.25, 0.3) is 11.8 Å². The molecular weight excluding hydrogens is 342 g/mol. The van der Waals surface area contributed by atoms with E-state index < -0.39 is 5.97 Å². The minimum atomic E-state index is -1.01. The number of nitriles is 1. The van der Waals surface area contributed by atoms with Crippen molar-refractivity contribution in [1.82, 2.24) is 9.88 Å². The summed E-state index contributed by atoms with van der Waals surface area (Å²) in [5.74, 6) is -1.37. The summed E-state index contributed by atoms with van der Waals surface area (Å²) in [5.41, 5.74) is 1.49. The van der Waals surface area contributed by atoms with Gasteiger partial charge in [0.2, 0.25) is 0 Å². The molecular formula is C21H21N3O3. The van der Waals surface area contributed by atoms with Crippen molar-refractivity contribution in [3.05, 3.63) is 59.4 Å². The standard InChI is InChI=1S/C21H21N3O3/c22-14-16(20(25)23-17-7-2-1-3-8-17)13-19-10-5-11-24(19)18-9-4-6-15(12-18)21(26)27/h4-6,9-13,17H,1-3,7-8H2,(H,23,25)(H,26,27). The number of nitrogens with one attached hydrogen (secondary N) is 1. The Labute approximate surface area is 157 Å². The number of carbonyl (C=O) groups is 2. The SMILES string of the molecule is N#CC(=Cc1cccn1-c1cccc(C(=O)O)c1)C(=O)NC1CCCCC1. The summed E-state index contributed by atoms with van der Waals surface area (Å²) >= 11 is 0. The van der Waals surface area contributed by atoms with Gasteiger partial charge in [-0.2, -0.15) is 5.26 Å². The fraction of sp³-hybridized carbons (Fsp3) is 0.286. The van der Waals surface area contributed by atoms with Crippen LogP contribution < -0.4 is 5.32 Å². The number of hydrogen-bond donors (Lipinski definition) is 2. The minimum absolute atomic E-state index is 0.0370. The summed E-state index contributed by atoms with van der Waals surface area (Å²) in [5, 5.41) is 21.6. The number of amides is 1. The first-order chi connectivity index (χ1) is 13.1. The number of benzene rings is 1. The number of aromatic nitrogens is 1. The Morgan fingerprint density at radius 2 is 1.96 bits per heavy atom. The van der Waals surface area contributed by atoms with Crippen molar-refractivity contribution >= 4 is 18.0 Å². The van der Waals surface area contributed by atoms with Gasteiger partial charge in [0.25, 0.3) is 5.91 Å². The average molecular weight is 363 g/mol. The third-order valence-electron chi connectivity index (χ3n) is 4.75. The van der Waals surface area contributed by atoms with Crippen LogP contribution in [0.3, 0.4) is 0 Å². The van der Waals surface area contributed by atoms with Gasteiger partial charge in [-0.05, 0) is 49.2 Å². The molecule has 1 aromatic carbocycles. The molecule has 0 spiro atoms. The lowest BCUT2D eigenvalue weighted by Crippen LogP contribution is -2.36. The Morgan fingerprint density at radius 3 is 2.67 bits per heavy atom. The zero-order chi connectivity index (χ0) is 19.2. The molecule has 1 fully saturated rings. The molecule has 0 bridgehead atoms. The van der Waals surface area contributed by atoms with Crippen LogP contribution in [0.15, 0.2) is 48.2 Å². The van der Waals surface area contributed by atoms with Crippen LogP contribution in [0, 0.1) is 11.3 Å². The zero-order valence-corrected chi connectivity index (χ0v) is 14.9. The van der Waals surface area contributed by atoms with E-state index in [4.69, 9.17) is 0 Å². The van der Waals surface area contributed by atoms with E-state index in [0.717, 1.165) is 25.7 Å². The third kappa shape index (κ3) is 4.45. The molecule has 1 aliphatic carbocycles. The fourth-order valence-corrected chi connectivity index (χ4v) is 3.34. The molecule has 2 aromatic rings. The average Bonchev–Trinajstić information content (AvgIpc) is 3.15. The van der Waals surface area contributed by atoms with Gasteiger partial charge >= 0.3 is 5.97 Å². The number of hydrogen-bond acceptors (Lipinski definition) is 3. The van der Waals surface area contributed by atoms with Gasteiger partial charge in [-0.15, -0.1) is 0 Å². The molecule has 2 N–H and O–H groups in total. The summed E-state index contributed by atoms with van der Waals surface area (Å²) in [6.07, 6.45) is 8.58. The van der Waals surface area contributed by atoms with Crippen molar-refractivity contribution in [3.63, 3.8) is 0 Å². The Balaban J connectivity index is 1.85. The molecule has 3 rings (SSSR count). The molecule has 1 amide bonds. The van der Waals surface area contributed by atoms with Crippen LogP contribution in [-0.4, -0.2) is 27.6 Å². The molecule has 0 radical (unpaired) electrons. The lowest BCUT2D eigenvalue weighted by atomic mass is 9.95. The highest BCUT2D eigenvalue weighted by molar-refractivity contribution is 6.01. The first-order valence-electron chi connectivity index (χ1n) is 9.02. The highest BCUT2D eigenvalue weighted by atomic mass is 16.4. The number of carboxylic acid groups (broad SMARTS) is 1. The second kappa shape index (κ2) is 8.37. The molecule has 1 saturated carbocycles. The Kier molecular flexibility index (Phi) is 5.72. The smallest absolute Gasteiger partial charge is 0.335 e. The molecule has 1 aliphatic rings. The first kappa shape index (κ1) is 18.5. The predicted octanol–water partition coefficient (Wildman–Crippen LogP) is 3.53. The van der Waals surface area contributed by atoms with Crippen molar-refractivity contribution in [2.45, 2.75) is 38.1 Å². The molecule has 1 heterocycles. The molecule has 1 aromatic heterocycles. The molecule has 0 atom stereocenters. The topological polar surface area (TPSA) is 95.1 Å². The van der Waals surface area contributed by atoms with E-state index in [-0.39, 0.29) is 23.1 Å². The zero-order valence-electron chi connectivity index (χ0n) is 14.9. The molecule has 0 aliphatic heterocycles. The highest BCUT2D eigenvalue weighted by Crippen LogP contribution is 2.19. The summed E-state index contributed by atoms with van der Waals surface area (Å²) in [6, 6.07) is 12.2. The normalized spacial score (nSPS) is 15.1. The summed E-state index contributed by atoms with van der Waals surface area (Å²) in [7, 11) is 0. The summed E-state index contributed by atoms with van der Waals surface area (Å²) in [4.78, 5) is 23.7. The van der Waals surface area contributed by atoms with E-state index in [0.29, 0.717) is 11.4 Å². The van der Waals surface area contributed by atoms with E-state index in [1.165, 1.54) is 18.6 Å². The Morgan fingerprint density at radius 1 is 1.19 bits per heavy atom. The van der Waals surface area contributed by atoms with Gasteiger partial charge < -0.3 is 15.0 Å². The maximum Gasteiger partial charge on any atom is 0.335 e. The number of carbonyl (C=O) groups excluding carboxylic acids is 1. The van der Waals surface area contributed by atoms with E-state index >= 15 is 0 Å². The van der Waals surface area contributed by atoms with Crippen molar-refractivity contribution in [3.8, 4) is 11.8 Å². The van der Waals surface area contributed by atoms with Crippen LogP contribution in [0.2, 0.25) is 0 Å². The molecule has 138 valence electrons. The van der Waals surface area contributed by atoms with Crippen LogP contribution in [0.5, 0.6) is 0 Å². The number of nitrogens with zero attached hydrogens (tertiary/aromatic N) is 2. The van der Waals surface area contributed by atoms with Gasteiger partial charge in [-0.25, -0.2) is 4.79 Å². The summed E-state index contributed by atoms with van der Waals surface area (Å²) in [6.45, 7) is 0. The second-order valence-corrected chi connectivity index (χ2v) is 6.64. The highest BCUT2D eigenvalue weighted by Gasteiger charge is 2.18. The van der Waals surface area contributed by atoms with Crippen molar-refractivity contribution in [2.75, 3.05) is 0 Å². The van der Waals surface area contributed by atoms with Gasteiger partial charge in [0.1, 0.15) is 11.6 Å². The molecule has 0 saturated heterocycles. The van der Waals surface area contributed by atoms with E-state index in [9.17, 15) is 20.0 Å². The van der Waals surface area contributed by atoms with Gasteiger partial charge in [0.05, 0.1) is 5.56 Å². The lowest BCUT2D eigenvalue weighted by molar-refractivity contribution is -0.117. The van der Waals surface area contributed by atoms with Crippen LogP contribution in [0.1, 0.15) is 48.2 Å². The predicted molar refractivity (Wildman–Crippen MR) is 101 cm³/mol. The fourth-order valence-electron chi connectivity index (χ4n) is 3.34. The maximum absolute atomic E-state index is 12.5. The maximum atomic E-state index is 12.5. The molecule has 27 heavy (non-hydrogen) atoms. The summed E-state index contributed by atoms with van der Waals surface area (Å²) < 4.78 is 1.75. The van der Waals surface area contributed by atoms with Crippen LogP contribution >= 0.6 is 0 Å². The quantitative estimate of drug-likeness (QED) is 0.627. The Hall–Kier alpha value is -3.33. The number of carboxylic acids is 1. The minimum Gasteiger partial charge on any atom is -0.478 e. The van der Waals surface area contributed by atoms with Gasteiger partial charge in [-0.3, -0.25) is 4.79 Å². The number of aromatic carboxylic acids is 1. The molecule has 6 nitrogen and oxygen atoms in total. The lowest BCUT2D eigenvalue weighted by Gasteiger charge is -2.22. The van der Waals surface area contributed by atoms with Crippen LogP contribution in [-0.2, 0) is 4.79 Å². The monoisotopic (exact) mass is 363 g/mol. The van der Waals surface area contributed by atoms with Crippen molar-refractivity contribution in [1.29, 1.82) is 5.26 Å². The van der Waals surface area contributed by atoms with Crippen molar-refractivity contribution < 1.29 is 14.7 Å². The largest absolute Gasteiger partial charge is 0.478 e. The molecule has 6 heteroatoms. The van der Waals surface area contributed by atoms with Gasteiger partial charge in [-0.1, -0.05) is 25.3 Å². The van der Waals surface area contributed by atoms with Gasteiger partial charge in [0.15, 0.2) is 0 Å². The molecule has 0 unspecified atom stereocenters. The third-order valence-corrected chi connectivity index (χ3v) is 4.75. The Bertz CT molecular complexity index is 915. The van der Waals surface area contributed by atoms with E-state index in [1.54, 1.807) is 41.1 Å². The van der Waals surface area contributed by atoms with Crippen LogP contribution in [0.4, 0.5) is 0 Å². The van der Waals surface area contributed by atoms with E-state index in [1.807, 2.05) is 6.07 Å². The van der Waals surface area contributed by atoms with E-state index in [2.05, 4.69) is 5.32 Å². The van der Waals surface area contributed by atoms with Crippen molar-refractivity contribution in [2.24, 2.45) is 0 Å². The first-order valence-corrected chi connectivity index (χ1v) is 9.02. The van der Waals surface area contributed by atoms with Gasteiger partial charge in [0, 0.05) is 23.6 Å².